The van der Waals surface area contributed by atoms with Crippen molar-refractivity contribution in [2.45, 2.75) is 19.9 Å². The molecule has 0 bridgehead atoms. The average molecular weight is 306 g/mol. The van der Waals surface area contributed by atoms with E-state index in [-0.39, 0.29) is 5.91 Å². The van der Waals surface area contributed by atoms with Crippen molar-refractivity contribution < 1.29 is 9.32 Å². The van der Waals surface area contributed by atoms with Crippen LogP contribution in [-0.2, 0) is 13.0 Å². The van der Waals surface area contributed by atoms with E-state index in [1.807, 2.05) is 67.6 Å². The van der Waals surface area contributed by atoms with Gasteiger partial charge in [-0.3, -0.25) is 4.79 Å². The van der Waals surface area contributed by atoms with Crippen LogP contribution in [-0.4, -0.2) is 11.1 Å². The molecule has 0 aliphatic rings. The molecule has 1 aromatic heterocycles. The lowest BCUT2D eigenvalue weighted by atomic mass is 10.1. The lowest BCUT2D eigenvalue weighted by Gasteiger charge is -2.02. The Labute approximate surface area is 135 Å². The second-order valence-electron chi connectivity index (χ2n) is 5.50. The summed E-state index contributed by atoms with van der Waals surface area (Å²) in [6, 6.07) is 19.4. The maximum atomic E-state index is 12.1. The zero-order valence-electron chi connectivity index (χ0n) is 13.0. The molecule has 0 saturated carbocycles. The molecule has 3 rings (SSSR count). The third-order valence-electron chi connectivity index (χ3n) is 3.57. The Kier molecular flexibility index (Phi) is 4.52. The number of hydrogen-bond donors (Lipinski definition) is 1. The van der Waals surface area contributed by atoms with Gasteiger partial charge in [0.1, 0.15) is 0 Å². The first-order chi connectivity index (χ1) is 11.2. The molecule has 4 heteroatoms. The molecule has 1 N–H and O–H groups in total. The monoisotopic (exact) mass is 306 g/mol. The lowest BCUT2D eigenvalue weighted by molar-refractivity contribution is 0.0947. The van der Waals surface area contributed by atoms with Gasteiger partial charge in [0.15, 0.2) is 5.76 Å². The first kappa shape index (κ1) is 15.0. The van der Waals surface area contributed by atoms with Gasteiger partial charge in [-0.2, -0.15) is 0 Å². The van der Waals surface area contributed by atoms with Crippen molar-refractivity contribution >= 4 is 5.91 Å². The van der Waals surface area contributed by atoms with Crippen LogP contribution in [0.3, 0.4) is 0 Å². The maximum Gasteiger partial charge on any atom is 0.251 e. The van der Waals surface area contributed by atoms with Crippen molar-refractivity contribution in [2.75, 3.05) is 0 Å². The number of hydrogen-bond acceptors (Lipinski definition) is 3. The predicted molar refractivity (Wildman–Crippen MR) is 88.1 cm³/mol. The van der Waals surface area contributed by atoms with Gasteiger partial charge in [-0.25, -0.2) is 0 Å². The van der Waals surface area contributed by atoms with E-state index in [2.05, 4.69) is 10.5 Å². The molecule has 1 amide bonds. The third-order valence-corrected chi connectivity index (χ3v) is 3.57. The predicted octanol–water partition coefficient (Wildman–Crippen LogP) is 3.50. The minimum Gasteiger partial charge on any atom is -0.359 e. The maximum absolute atomic E-state index is 12.1. The molecule has 0 spiro atoms. The Morgan fingerprint density at radius 2 is 1.83 bits per heavy atom. The molecule has 1 heterocycles. The van der Waals surface area contributed by atoms with Crippen LogP contribution in [0.15, 0.2) is 65.2 Å². The van der Waals surface area contributed by atoms with Gasteiger partial charge in [-0.05, 0) is 24.6 Å². The second kappa shape index (κ2) is 6.92. The number of aryl methyl sites for hydroxylation is 1. The third kappa shape index (κ3) is 4.07. The van der Waals surface area contributed by atoms with E-state index in [1.54, 1.807) is 0 Å². The van der Waals surface area contributed by atoms with E-state index in [9.17, 15) is 4.79 Å². The van der Waals surface area contributed by atoms with Crippen molar-refractivity contribution in [2.24, 2.45) is 0 Å². The summed E-state index contributed by atoms with van der Waals surface area (Å²) in [5, 5.41) is 6.89. The summed E-state index contributed by atoms with van der Waals surface area (Å²) < 4.78 is 5.28. The number of nitrogens with one attached hydrogen (secondary N) is 1. The van der Waals surface area contributed by atoms with E-state index < -0.39 is 0 Å². The highest BCUT2D eigenvalue weighted by Gasteiger charge is 2.08. The average Bonchev–Trinajstić information content (AvgIpc) is 3.02. The Balaban J connectivity index is 1.57. The molecule has 0 radical (unpaired) electrons. The van der Waals surface area contributed by atoms with Crippen LogP contribution < -0.4 is 5.32 Å². The SMILES string of the molecule is Cc1ccc(C(=O)NCc2cc(Cc3ccccc3)no2)cc1. The molecule has 0 aliphatic carbocycles. The molecular formula is C19H18N2O2. The van der Waals surface area contributed by atoms with Gasteiger partial charge in [0, 0.05) is 18.1 Å². The van der Waals surface area contributed by atoms with Crippen molar-refractivity contribution in [3.05, 3.63) is 88.8 Å². The van der Waals surface area contributed by atoms with Crippen molar-refractivity contribution in [1.82, 2.24) is 10.5 Å². The molecule has 0 atom stereocenters. The zero-order chi connectivity index (χ0) is 16.1. The number of carbonyl (C=O) groups is 1. The lowest BCUT2D eigenvalue weighted by Crippen LogP contribution is -2.22. The van der Waals surface area contributed by atoms with Crippen molar-refractivity contribution in [3.63, 3.8) is 0 Å². The summed E-state index contributed by atoms with van der Waals surface area (Å²) in [5.41, 5.74) is 3.80. The number of aromatic nitrogens is 1. The molecular weight excluding hydrogens is 288 g/mol. The number of carbonyl (C=O) groups excluding carboxylic acids is 1. The van der Waals surface area contributed by atoms with E-state index >= 15 is 0 Å². The van der Waals surface area contributed by atoms with Crippen molar-refractivity contribution in [3.8, 4) is 0 Å². The van der Waals surface area contributed by atoms with Gasteiger partial charge in [0.25, 0.3) is 5.91 Å². The number of benzene rings is 2. The van der Waals surface area contributed by atoms with Crippen LogP contribution in [0, 0.1) is 6.92 Å². The summed E-state index contributed by atoms with van der Waals surface area (Å²) in [6.45, 7) is 2.32. The van der Waals surface area contributed by atoms with Crippen LogP contribution in [0.5, 0.6) is 0 Å². The molecule has 0 saturated heterocycles. The van der Waals surface area contributed by atoms with E-state index in [0.717, 1.165) is 17.7 Å². The van der Waals surface area contributed by atoms with Crippen LogP contribution >= 0.6 is 0 Å². The quantitative estimate of drug-likeness (QED) is 0.785. The fourth-order valence-electron chi connectivity index (χ4n) is 2.30. The molecule has 23 heavy (non-hydrogen) atoms. The summed E-state index contributed by atoms with van der Waals surface area (Å²) in [6.07, 6.45) is 0.719. The highest BCUT2D eigenvalue weighted by molar-refractivity contribution is 5.94. The van der Waals surface area contributed by atoms with Gasteiger partial charge in [-0.15, -0.1) is 0 Å². The number of nitrogens with zero attached hydrogens (tertiary/aromatic N) is 1. The Morgan fingerprint density at radius 1 is 1.09 bits per heavy atom. The number of amides is 1. The van der Waals surface area contributed by atoms with Crippen LogP contribution in [0.4, 0.5) is 0 Å². The largest absolute Gasteiger partial charge is 0.359 e. The second-order valence-corrected chi connectivity index (χ2v) is 5.50. The zero-order valence-corrected chi connectivity index (χ0v) is 13.0. The van der Waals surface area contributed by atoms with Gasteiger partial charge in [0.05, 0.1) is 12.2 Å². The minimum absolute atomic E-state index is 0.119. The first-order valence-corrected chi connectivity index (χ1v) is 7.54. The summed E-state index contributed by atoms with van der Waals surface area (Å²) in [5.74, 6) is 0.530. The van der Waals surface area contributed by atoms with Crippen LogP contribution in [0.25, 0.3) is 0 Å². The highest BCUT2D eigenvalue weighted by Crippen LogP contribution is 2.10. The molecule has 0 fully saturated rings. The minimum atomic E-state index is -0.119. The molecule has 3 aromatic rings. The summed E-state index contributed by atoms with van der Waals surface area (Å²) in [4.78, 5) is 12.1. The van der Waals surface area contributed by atoms with Crippen molar-refractivity contribution in [1.29, 1.82) is 0 Å². The Hall–Kier alpha value is -2.88. The van der Waals surface area contributed by atoms with Gasteiger partial charge in [0.2, 0.25) is 0 Å². The van der Waals surface area contributed by atoms with Crippen LogP contribution in [0.1, 0.15) is 32.9 Å². The molecule has 2 aromatic carbocycles. The Bertz CT molecular complexity index is 777. The topological polar surface area (TPSA) is 55.1 Å². The molecule has 4 nitrogen and oxygen atoms in total. The van der Waals surface area contributed by atoms with Crippen LogP contribution in [0.2, 0.25) is 0 Å². The summed E-state index contributed by atoms with van der Waals surface area (Å²) >= 11 is 0. The van der Waals surface area contributed by atoms with E-state index in [0.29, 0.717) is 17.9 Å². The molecule has 0 aliphatic heterocycles. The first-order valence-electron chi connectivity index (χ1n) is 7.54. The van der Waals surface area contributed by atoms with E-state index in [4.69, 9.17) is 4.52 Å². The van der Waals surface area contributed by atoms with Gasteiger partial charge in [-0.1, -0.05) is 53.2 Å². The number of rotatable bonds is 5. The van der Waals surface area contributed by atoms with Gasteiger partial charge < -0.3 is 9.84 Å². The normalized spacial score (nSPS) is 10.5. The standard InChI is InChI=1S/C19H18N2O2/c1-14-7-9-16(10-8-14)19(22)20-13-18-12-17(21-23-18)11-15-5-3-2-4-6-15/h2-10,12H,11,13H2,1H3,(H,20,22). The van der Waals surface area contributed by atoms with Gasteiger partial charge >= 0.3 is 0 Å². The Morgan fingerprint density at radius 3 is 2.57 bits per heavy atom. The smallest absolute Gasteiger partial charge is 0.251 e. The highest BCUT2D eigenvalue weighted by atomic mass is 16.5. The fraction of sp³-hybridized carbons (Fsp3) is 0.158. The molecule has 116 valence electrons. The van der Waals surface area contributed by atoms with E-state index in [1.165, 1.54) is 5.56 Å². The summed E-state index contributed by atoms with van der Waals surface area (Å²) in [7, 11) is 0. The molecule has 0 unspecified atom stereocenters. The fourth-order valence-corrected chi connectivity index (χ4v) is 2.30.